The Hall–Kier alpha value is -3.70. The minimum Gasteiger partial charge on any atom is -0.461 e. The minimum absolute atomic E-state index is 0.202. The predicted molar refractivity (Wildman–Crippen MR) is 114 cm³/mol. The number of carbonyl (C=O) groups is 2. The van der Waals surface area contributed by atoms with Crippen LogP contribution in [-0.2, 0) is 16.6 Å². The van der Waals surface area contributed by atoms with E-state index >= 15 is 0 Å². The normalized spacial score (nSPS) is 18.2. The Labute approximate surface area is 179 Å². The lowest BCUT2D eigenvalue weighted by molar-refractivity contribution is -0.137. The summed E-state index contributed by atoms with van der Waals surface area (Å²) in [5, 5.41) is 11.1. The predicted octanol–water partition coefficient (Wildman–Crippen LogP) is 1.76. The Morgan fingerprint density at radius 1 is 1.29 bits per heavy atom. The van der Waals surface area contributed by atoms with Crippen molar-refractivity contribution in [2.24, 2.45) is 7.05 Å². The molecular weight excluding hydrogens is 396 g/mol. The zero-order valence-corrected chi connectivity index (χ0v) is 17.5. The van der Waals surface area contributed by atoms with Crippen molar-refractivity contribution in [1.29, 1.82) is 0 Å². The van der Waals surface area contributed by atoms with Gasteiger partial charge in [0, 0.05) is 44.4 Å². The molecule has 1 fully saturated rings. The van der Waals surface area contributed by atoms with Gasteiger partial charge in [-0.2, -0.15) is 0 Å². The number of amides is 1. The van der Waals surface area contributed by atoms with E-state index in [1.165, 1.54) is 4.90 Å². The fourth-order valence-corrected chi connectivity index (χ4v) is 3.50. The topological polar surface area (TPSA) is 97.6 Å². The maximum absolute atomic E-state index is 12.5. The number of likely N-dealkylation sites (tertiary alicyclic amines) is 1. The van der Waals surface area contributed by atoms with E-state index in [2.05, 4.69) is 21.8 Å². The molecule has 0 aliphatic carbocycles. The molecule has 31 heavy (non-hydrogen) atoms. The molecule has 3 heterocycles. The zero-order valence-electron chi connectivity index (χ0n) is 17.5. The van der Waals surface area contributed by atoms with Crippen LogP contribution < -0.4 is 0 Å². The van der Waals surface area contributed by atoms with E-state index in [0.717, 1.165) is 0 Å². The quantitative estimate of drug-likeness (QED) is 0.514. The number of hydrogen-bond acceptors (Lipinski definition) is 6. The summed E-state index contributed by atoms with van der Waals surface area (Å²) < 4.78 is 6.97. The molecule has 3 aromatic rings. The second kappa shape index (κ2) is 7.85. The first-order chi connectivity index (χ1) is 14.8. The Bertz CT molecular complexity index is 1250. The van der Waals surface area contributed by atoms with Crippen LogP contribution in [0, 0.1) is 11.8 Å². The lowest BCUT2D eigenvalue weighted by atomic mass is 10.0. The van der Waals surface area contributed by atoms with E-state index in [4.69, 9.17) is 4.74 Å². The van der Waals surface area contributed by atoms with Crippen molar-refractivity contribution in [2.75, 3.05) is 20.2 Å². The molecule has 1 atom stereocenters. The van der Waals surface area contributed by atoms with Gasteiger partial charge in [0.15, 0.2) is 11.5 Å². The monoisotopic (exact) mass is 418 g/mol. The molecule has 1 aliphatic rings. The molecule has 0 bridgehead atoms. The molecule has 158 valence electrons. The highest BCUT2D eigenvalue weighted by molar-refractivity contribution is 6.01. The molecule has 1 N–H and O–H groups in total. The molecular formula is C23H22N4O4. The number of nitrogens with zero attached hydrogens (tertiary/aromatic N) is 4. The SMILES string of the molecule is CCOC(=O)c1nc(-c2cccc(C#C[C@]3(O)CCN(C)C3=O)c2)nc2c1ccn2C. The number of ether oxygens (including phenoxy) is 1. The number of fused-ring (bicyclic) bond motifs is 1. The van der Waals surface area contributed by atoms with Gasteiger partial charge in [-0.05, 0) is 25.1 Å². The maximum atomic E-state index is 12.5. The summed E-state index contributed by atoms with van der Waals surface area (Å²) in [5.74, 6) is 5.05. The third-order valence-corrected chi connectivity index (χ3v) is 5.24. The number of rotatable bonds is 3. The van der Waals surface area contributed by atoms with Gasteiger partial charge in [0.25, 0.3) is 5.91 Å². The maximum Gasteiger partial charge on any atom is 0.357 e. The van der Waals surface area contributed by atoms with Gasteiger partial charge in [0.1, 0.15) is 5.65 Å². The Kier molecular flexibility index (Phi) is 5.21. The van der Waals surface area contributed by atoms with Crippen LogP contribution in [0.25, 0.3) is 22.4 Å². The van der Waals surface area contributed by atoms with Gasteiger partial charge in [0.2, 0.25) is 5.60 Å². The van der Waals surface area contributed by atoms with Gasteiger partial charge in [-0.1, -0.05) is 24.0 Å². The molecule has 1 amide bonds. The number of likely N-dealkylation sites (N-methyl/N-ethyl adjacent to an activating group) is 1. The van der Waals surface area contributed by atoms with Gasteiger partial charge in [0.05, 0.1) is 12.0 Å². The van der Waals surface area contributed by atoms with Crippen LogP contribution in [-0.4, -0.2) is 62.2 Å². The number of aromatic nitrogens is 3. The van der Waals surface area contributed by atoms with Crippen LogP contribution in [0.2, 0.25) is 0 Å². The summed E-state index contributed by atoms with van der Waals surface area (Å²) >= 11 is 0. The van der Waals surface area contributed by atoms with Crippen molar-refractivity contribution in [3.05, 3.63) is 47.8 Å². The molecule has 4 rings (SSSR count). The average molecular weight is 418 g/mol. The molecule has 1 aromatic carbocycles. The van der Waals surface area contributed by atoms with Crippen molar-refractivity contribution in [3.8, 4) is 23.2 Å². The first-order valence-electron chi connectivity index (χ1n) is 9.94. The first kappa shape index (κ1) is 20.6. The number of aliphatic hydroxyl groups is 1. The van der Waals surface area contributed by atoms with E-state index < -0.39 is 17.5 Å². The number of hydrogen-bond donors (Lipinski definition) is 1. The fraction of sp³-hybridized carbons (Fsp3) is 0.304. The molecule has 8 nitrogen and oxygen atoms in total. The van der Waals surface area contributed by atoms with Crippen molar-refractivity contribution in [1.82, 2.24) is 19.4 Å². The molecule has 1 aliphatic heterocycles. The average Bonchev–Trinajstić information content (AvgIpc) is 3.27. The molecule has 0 radical (unpaired) electrons. The first-order valence-corrected chi connectivity index (χ1v) is 9.94. The molecule has 0 spiro atoms. The third kappa shape index (κ3) is 3.76. The highest BCUT2D eigenvalue weighted by atomic mass is 16.5. The van der Waals surface area contributed by atoms with Crippen molar-refractivity contribution in [3.63, 3.8) is 0 Å². The third-order valence-electron chi connectivity index (χ3n) is 5.24. The van der Waals surface area contributed by atoms with Crippen LogP contribution in [0.4, 0.5) is 0 Å². The summed E-state index contributed by atoms with van der Waals surface area (Å²) in [6.07, 6.45) is 2.08. The van der Waals surface area contributed by atoms with E-state index in [-0.39, 0.29) is 18.7 Å². The molecule has 0 saturated carbocycles. The minimum atomic E-state index is -1.67. The van der Waals surface area contributed by atoms with E-state index in [0.29, 0.717) is 34.5 Å². The summed E-state index contributed by atoms with van der Waals surface area (Å²) in [4.78, 5) is 35.1. The van der Waals surface area contributed by atoms with Crippen LogP contribution in [0.15, 0.2) is 36.5 Å². The second-order valence-corrected chi connectivity index (χ2v) is 7.45. The van der Waals surface area contributed by atoms with Gasteiger partial charge in [-0.25, -0.2) is 14.8 Å². The largest absolute Gasteiger partial charge is 0.461 e. The van der Waals surface area contributed by atoms with E-state index in [9.17, 15) is 14.7 Å². The van der Waals surface area contributed by atoms with Gasteiger partial charge in [-0.15, -0.1) is 0 Å². The van der Waals surface area contributed by atoms with Crippen LogP contribution >= 0.6 is 0 Å². The fourth-order valence-electron chi connectivity index (χ4n) is 3.50. The molecule has 2 aromatic heterocycles. The second-order valence-electron chi connectivity index (χ2n) is 7.45. The number of carbonyl (C=O) groups excluding carboxylic acids is 2. The van der Waals surface area contributed by atoms with Crippen molar-refractivity contribution >= 4 is 22.9 Å². The smallest absolute Gasteiger partial charge is 0.357 e. The summed E-state index contributed by atoms with van der Waals surface area (Å²) in [7, 11) is 3.48. The lowest BCUT2D eigenvalue weighted by Gasteiger charge is -2.13. The van der Waals surface area contributed by atoms with Gasteiger partial charge >= 0.3 is 5.97 Å². The van der Waals surface area contributed by atoms with E-state index in [1.807, 2.05) is 23.9 Å². The van der Waals surface area contributed by atoms with E-state index in [1.54, 1.807) is 38.2 Å². The van der Waals surface area contributed by atoms with Crippen LogP contribution in [0.1, 0.15) is 29.4 Å². The van der Waals surface area contributed by atoms with Crippen molar-refractivity contribution in [2.45, 2.75) is 18.9 Å². The summed E-state index contributed by atoms with van der Waals surface area (Å²) in [6, 6.07) is 8.92. The van der Waals surface area contributed by atoms with Gasteiger partial charge < -0.3 is 19.3 Å². The number of aryl methyl sites for hydroxylation is 1. The summed E-state index contributed by atoms with van der Waals surface area (Å²) in [5.41, 5.74) is 0.399. The zero-order chi connectivity index (χ0) is 22.2. The standard InChI is InChI=1S/C23H22N4O4/c1-4-31-21(28)18-17-9-12-26(2)20(17)25-19(24-18)16-7-5-6-15(14-16)8-10-23(30)11-13-27(3)22(23)29/h5-7,9,12,14,30H,4,11,13H2,1-3H3/t23-/m0/s1. The van der Waals surface area contributed by atoms with Crippen LogP contribution in [0.3, 0.4) is 0 Å². The highest BCUT2D eigenvalue weighted by Gasteiger charge is 2.42. The summed E-state index contributed by atoms with van der Waals surface area (Å²) in [6.45, 7) is 2.45. The van der Waals surface area contributed by atoms with Gasteiger partial charge in [-0.3, -0.25) is 4.79 Å². The highest BCUT2D eigenvalue weighted by Crippen LogP contribution is 2.24. The molecule has 8 heteroatoms. The lowest BCUT2D eigenvalue weighted by Crippen LogP contribution is -2.37. The van der Waals surface area contributed by atoms with Crippen LogP contribution in [0.5, 0.6) is 0 Å². The Morgan fingerprint density at radius 2 is 2.10 bits per heavy atom. The molecule has 1 saturated heterocycles. The van der Waals surface area contributed by atoms with Crippen molar-refractivity contribution < 1.29 is 19.4 Å². The Morgan fingerprint density at radius 3 is 2.81 bits per heavy atom. The molecule has 0 unspecified atom stereocenters. The number of esters is 1. The number of benzene rings is 1. The Balaban J connectivity index is 1.75.